The molecule has 0 saturated carbocycles. The number of anilines is 3. The molecule has 3 heterocycles. The summed E-state index contributed by atoms with van der Waals surface area (Å²) in [6, 6.07) is 87.6. The van der Waals surface area contributed by atoms with E-state index in [4.69, 9.17) is 0 Å². The molecule has 0 N–H and O–H groups in total. The lowest BCUT2D eigenvalue weighted by Crippen LogP contribution is -2.63. The first kappa shape index (κ1) is 39.0. The molecular formula is C65H44N2SSi. The fourth-order valence-electron chi connectivity index (χ4n) is 12.9. The first-order chi connectivity index (χ1) is 34.0. The molecule has 15 rings (SSSR count). The summed E-state index contributed by atoms with van der Waals surface area (Å²) < 4.78 is 5.11. The SMILES string of the molecule is C[Si]1(C)c2ccccc2C2(c3ccccc3-c3cccc4cccc2c34)c2ccc(N(c3ccc4c5ccccc5n(-c5ccc6c(c5)sc5ccccc56)c4c3)c3cccc4ccccc34)cc21. The van der Waals surface area contributed by atoms with Crippen LogP contribution in [0.25, 0.3) is 80.3 Å². The predicted octanol–water partition coefficient (Wildman–Crippen LogP) is 16.4. The molecule has 0 amide bonds. The van der Waals surface area contributed by atoms with Crippen LogP contribution in [0.1, 0.15) is 22.3 Å². The van der Waals surface area contributed by atoms with Crippen molar-refractivity contribution in [1.29, 1.82) is 0 Å². The van der Waals surface area contributed by atoms with Gasteiger partial charge in [0, 0.05) is 53.4 Å². The maximum absolute atomic E-state index is 2.60. The summed E-state index contributed by atoms with van der Waals surface area (Å²) in [4.78, 5) is 2.54. The van der Waals surface area contributed by atoms with Crippen molar-refractivity contribution in [3.63, 3.8) is 0 Å². The quantitative estimate of drug-likeness (QED) is 0.160. The number of fused-ring (bicyclic) bond motifs is 15. The van der Waals surface area contributed by atoms with Crippen LogP contribution in [0.15, 0.2) is 231 Å². The highest BCUT2D eigenvalue weighted by Gasteiger charge is 2.52. The van der Waals surface area contributed by atoms with Gasteiger partial charge < -0.3 is 9.47 Å². The number of benzene rings is 11. The summed E-state index contributed by atoms with van der Waals surface area (Å²) in [5.41, 5.74) is 14.7. The molecule has 69 heavy (non-hydrogen) atoms. The Bertz CT molecular complexity index is 4320. The second-order valence-corrected chi connectivity index (χ2v) is 25.0. The molecule has 1 spiro atoms. The molecule has 0 fully saturated rings. The van der Waals surface area contributed by atoms with Gasteiger partial charge >= 0.3 is 0 Å². The lowest BCUT2D eigenvalue weighted by atomic mass is 9.59. The van der Waals surface area contributed by atoms with Crippen molar-refractivity contribution in [3.05, 3.63) is 253 Å². The Morgan fingerprint density at radius 2 is 1.01 bits per heavy atom. The maximum Gasteiger partial charge on any atom is 0.113 e. The maximum atomic E-state index is 2.60. The molecule has 1 aliphatic carbocycles. The molecule has 1 atom stereocenters. The van der Waals surface area contributed by atoms with E-state index in [-0.39, 0.29) is 0 Å². The number of para-hydroxylation sites is 1. The van der Waals surface area contributed by atoms with Crippen LogP contribution in [0.5, 0.6) is 0 Å². The smallest absolute Gasteiger partial charge is 0.113 e. The van der Waals surface area contributed by atoms with Crippen molar-refractivity contribution >= 4 is 110 Å². The molecule has 2 aromatic heterocycles. The fourth-order valence-corrected chi connectivity index (χ4v) is 17.2. The Labute approximate surface area is 405 Å². The third-order valence-corrected chi connectivity index (χ3v) is 20.5. The minimum Gasteiger partial charge on any atom is -0.310 e. The number of hydrogen-bond donors (Lipinski definition) is 0. The van der Waals surface area contributed by atoms with Crippen LogP contribution in [0.4, 0.5) is 17.1 Å². The summed E-state index contributed by atoms with van der Waals surface area (Å²) in [7, 11) is -2.35. The molecule has 2 nitrogen and oxygen atoms in total. The Balaban J connectivity index is 1.01. The van der Waals surface area contributed by atoms with Gasteiger partial charge in [0.1, 0.15) is 8.07 Å². The number of hydrogen-bond acceptors (Lipinski definition) is 2. The number of aromatic nitrogens is 1. The fraction of sp³-hybridized carbons (Fsp3) is 0.0462. The van der Waals surface area contributed by atoms with Crippen LogP contribution in [0.2, 0.25) is 13.1 Å². The van der Waals surface area contributed by atoms with Crippen molar-refractivity contribution in [1.82, 2.24) is 4.57 Å². The van der Waals surface area contributed by atoms with E-state index in [1.807, 2.05) is 11.3 Å². The van der Waals surface area contributed by atoms with Crippen LogP contribution in [-0.4, -0.2) is 12.6 Å². The molecule has 1 unspecified atom stereocenters. The van der Waals surface area contributed by atoms with Gasteiger partial charge in [0.2, 0.25) is 0 Å². The third-order valence-electron chi connectivity index (χ3n) is 15.8. The van der Waals surface area contributed by atoms with E-state index < -0.39 is 13.5 Å². The zero-order valence-corrected chi connectivity index (χ0v) is 40.1. The largest absolute Gasteiger partial charge is 0.310 e. The first-order valence-corrected chi connectivity index (χ1v) is 27.9. The molecule has 324 valence electrons. The molecule has 1 aliphatic heterocycles. The van der Waals surface area contributed by atoms with Crippen molar-refractivity contribution in [3.8, 4) is 16.8 Å². The van der Waals surface area contributed by atoms with Crippen LogP contribution in [0, 0.1) is 0 Å². The summed E-state index contributed by atoms with van der Waals surface area (Å²) >= 11 is 1.88. The summed E-state index contributed by atoms with van der Waals surface area (Å²) in [6.07, 6.45) is 0. The van der Waals surface area contributed by atoms with Crippen LogP contribution < -0.4 is 15.3 Å². The molecular weight excluding hydrogens is 869 g/mol. The van der Waals surface area contributed by atoms with Gasteiger partial charge in [-0.25, -0.2) is 0 Å². The normalized spacial score (nSPS) is 15.6. The second kappa shape index (κ2) is 14.3. The van der Waals surface area contributed by atoms with Gasteiger partial charge in [0.05, 0.1) is 22.1 Å². The highest BCUT2D eigenvalue weighted by atomic mass is 32.1. The van der Waals surface area contributed by atoms with E-state index in [0.29, 0.717) is 0 Å². The van der Waals surface area contributed by atoms with Gasteiger partial charge in [-0.05, 0) is 115 Å². The number of rotatable bonds is 4. The molecule has 13 aromatic rings. The average molecular weight is 913 g/mol. The van der Waals surface area contributed by atoms with E-state index in [1.54, 1.807) is 0 Å². The Morgan fingerprint density at radius 3 is 1.93 bits per heavy atom. The van der Waals surface area contributed by atoms with E-state index in [0.717, 1.165) is 17.1 Å². The molecule has 0 bridgehead atoms. The highest BCUT2D eigenvalue weighted by Crippen LogP contribution is 2.57. The predicted molar refractivity (Wildman–Crippen MR) is 297 cm³/mol. The first-order valence-electron chi connectivity index (χ1n) is 24.1. The number of nitrogens with zero attached hydrogens (tertiary/aromatic N) is 2. The molecule has 0 saturated heterocycles. The van der Waals surface area contributed by atoms with Gasteiger partial charge in [-0.15, -0.1) is 11.3 Å². The zero-order valence-electron chi connectivity index (χ0n) is 38.2. The molecule has 4 heteroatoms. The van der Waals surface area contributed by atoms with Gasteiger partial charge in [-0.2, -0.15) is 0 Å². The summed E-state index contributed by atoms with van der Waals surface area (Å²) in [6.45, 7) is 5.15. The lowest BCUT2D eigenvalue weighted by Gasteiger charge is -2.50. The van der Waals surface area contributed by atoms with Gasteiger partial charge in [-0.1, -0.05) is 189 Å². The van der Waals surface area contributed by atoms with E-state index in [9.17, 15) is 0 Å². The van der Waals surface area contributed by atoms with Gasteiger partial charge in [-0.3, -0.25) is 0 Å². The molecule has 2 aliphatic rings. The number of thiophene rings is 1. The molecule has 11 aromatic carbocycles. The summed E-state index contributed by atoms with van der Waals surface area (Å²) in [5.74, 6) is 0. The van der Waals surface area contributed by atoms with Crippen LogP contribution >= 0.6 is 11.3 Å². The minimum absolute atomic E-state index is 0.503. The van der Waals surface area contributed by atoms with Gasteiger partial charge in [0.25, 0.3) is 0 Å². The topological polar surface area (TPSA) is 8.17 Å². The van der Waals surface area contributed by atoms with Crippen molar-refractivity contribution < 1.29 is 0 Å². The Morgan fingerprint density at radius 1 is 0.406 bits per heavy atom. The lowest BCUT2D eigenvalue weighted by molar-refractivity contribution is 0.754. The molecule has 0 radical (unpaired) electrons. The monoisotopic (exact) mass is 912 g/mol. The van der Waals surface area contributed by atoms with E-state index in [2.05, 4.69) is 253 Å². The Kier molecular flexibility index (Phi) is 8.06. The average Bonchev–Trinajstić information content (AvgIpc) is 3.94. The van der Waals surface area contributed by atoms with Gasteiger partial charge in [0.15, 0.2) is 0 Å². The summed E-state index contributed by atoms with van der Waals surface area (Å²) in [5, 5.41) is 13.2. The van der Waals surface area contributed by atoms with E-state index in [1.165, 1.54) is 113 Å². The van der Waals surface area contributed by atoms with Crippen LogP contribution in [0.3, 0.4) is 0 Å². The zero-order chi connectivity index (χ0) is 45.6. The van der Waals surface area contributed by atoms with Crippen molar-refractivity contribution in [2.45, 2.75) is 18.5 Å². The second-order valence-electron chi connectivity index (χ2n) is 19.6. The van der Waals surface area contributed by atoms with Crippen molar-refractivity contribution in [2.75, 3.05) is 4.90 Å². The Hall–Kier alpha value is -8.02. The third kappa shape index (κ3) is 5.25. The van der Waals surface area contributed by atoms with Crippen molar-refractivity contribution in [2.24, 2.45) is 0 Å². The van der Waals surface area contributed by atoms with Crippen LogP contribution in [-0.2, 0) is 5.41 Å². The minimum atomic E-state index is -2.35. The highest BCUT2D eigenvalue weighted by molar-refractivity contribution is 7.25. The standard InChI is InChI=1S/C65H44N2SSi/c1-69(2)62-31-12-9-26-54(62)65(53-25-8-5-21-47(53)52-24-13-18-42-19-14-27-56(65)64(42)52)55-37-34-45(40-63(55)69)66(57-29-15-17-41-16-3-4-20-46(41)57)43-32-35-49-48-22-6-10-28-58(48)67(59(49)38-43)44-33-36-51-50-23-7-11-30-60(50)68-61(51)39-44/h3-40H,1-2H3. The van der Waals surface area contributed by atoms with E-state index >= 15 is 0 Å².